The molecule has 1 saturated heterocycles. The summed E-state index contributed by atoms with van der Waals surface area (Å²) in [6.07, 6.45) is 5.86. The summed E-state index contributed by atoms with van der Waals surface area (Å²) in [5.74, 6) is 0.173. The van der Waals surface area contributed by atoms with E-state index in [1.54, 1.807) is 5.56 Å². The molecule has 0 aromatic heterocycles. The molecule has 1 fully saturated rings. The molecular weight excluding hydrogens is 346 g/mol. The Balaban J connectivity index is 1.15. The first-order valence-electron chi connectivity index (χ1n) is 10.7. The van der Waals surface area contributed by atoms with E-state index in [-0.39, 0.29) is 11.9 Å². The molecule has 0 bridgehead atoms. The Bertz CT molecular complexity index is 856. The first-order valence-corrected chi connectivity index (χ1v) is 10.7. The molecule has 1 amide bonds. The van der Waals surface area contributed by atoms with Crippen LogP contribution in [0.5, 0.6) is 0 Å². The molecule has 2 aliphatic carbocycles. The third-order valence-corrected chi connectivity index (χ3v) is 6.63. The van der Waals surface area contributed by atoms with Gasteiger partial charge in [-0.2, -0.15) is 0 Å². The molecule has 1 atom stereocenters. The van der Waals surface area contributed by atoms with Gasteiger partial charge in [0.2, 0.25) is 5.91 Å². The molecule has 3 aliphatic rings. The normalized spacial score (nSPS) is 21.4. The fourth-order valence-corrected chi connectivity index (χ4v) is 5.09. The van der Waals surface area contributed by atoms with Crippen LogP contribution in [0.15, 0.2) is 42.5 Å². The van der Waals surface area contributed by atoms with Crippen LogP contribution in [0.3, 0.4) is 0 Å². The Hall–Kier alpha value is -2.33. The Morgan fingerprint density at radius 2 is 1.68 bits per heavy atom. The van der Waals surface area contributed by atoms with E-state index in [2.05, 4.69) is 57.6 Å². The molecule has 2 aromatic rings. The van der Waals surface area contributed by atoms with Crippen molar-refractivity contribution in [1.29, 1.82) is 0 Å². The van der Waals surface area contributed by atoms with Crippen LogP contribution in [-0.2, 0) is 24.1 Å². The van der Waals surface area contributed by atoms with Crippen molar-refractivity contribution in [2.45, 2.75) is 38.1 Å². The molecular formula is C24H29N3O. The van der Waals surface area contributed by atoms with E-state index in [1.807, 2.05) is 0 Å². The van der Waals surface area contributed by atoms with Crippen LogP contribution in [0.25, 0.3) is 0 Å². The summed E-state index contributed by atoms with van der Waals surface area (Å²) in [7, 11) is 0. The second-order valence-electron chi connectivity index (χ2n) is 8.43. The van der Waals surface area contributed by atoms with Gasteiger partial charge in [0.05, 0.1) is 12.6 Å². The van der Waals surface area contributed by atoms with Crippen molar-refractivity contribution < 1.29 is 4.79 Å². The van der Waals surface area contributed by atoms with Gasteiger partial charge in [0.15, 0.2) is 0 Å². The molecule has 0 radical (unpaired) electrons. The van der Waals surface area contributed by atoms with Crippen molar-refractivity contribution in [3.05, 3.63) is 64.7 Å². The molecule has 4 nitrogen and oxygen atoms in total. The maximum absolute atomic E-state index is 12.7. The Labute approximate surface area is 167 Å². The highest BCUT2D eigenvalue weighted by Crippen LogP contribution is 2.36. The van der Waals surface area contributed by atoms with E-state index in [0.29, 0.717) is 6.54 Å². The summed E-state index contributed by atoms with van der Waals surface area (Å²) in [6.45, 7) is 4.36. The summed E-state index contributed by atoms with van der Waals surface area (Å²) >= 11 is 0. The molecule has 146 valence electrons. The van der Waals surface area contributed by atoms with Gasteiger partial charge in [-0.1, -0.05) is 30.3 Å². The number of nitrogens with one attached hydrogen (secondary N) is 1. The van der Waals surface area contributed by atoms with E-state index < -0.39 is 0 Å². The Kier molecular flexibility index (Phi) is 4.81. The summed E-state index contributed by atoms with van der Waals surface area (Å²) in [5, 5.41) is 3.32. The Morgan fingerprint density at radius 1 is 0.929 bits per heavy atom. The zero-order chi connectivity index (χ0) is 18.9. The maximum atomic E-state index is 12.7. The fraction of sp³-hybridized carbons (Fsp3) is 0.458. The Morgan fingerprint density at radius 3 is 2.46 bits per heavy atom. The van der Waals surface area contributed by atoms with E-state index in [9.17, 15) is 4.79 Å². The highest BCUT2D eigenvalue weighted by molar-refractivity contribution is 5.78. The van der Waals surface area contributed by atoms with Crippen LogP contribution >= 0.6 is 0 Å². The van der Waals surface area contributed by atoms with Crippen LogP contribution in [0, 0.1) is 0 Å². The molecule has 0 saturated carbocycles. The number of carbonyl (C=O) groups excluding carboxylic acids is 1. The van der Waals surface area contributed by atoms with Crippen LogP contribution < -0.4 is 10.2 Å². The van der Waals surface area contributed by atoms with Crippen LogP contribution in [0.2, 0.25) is 0 Å². The summed E-state index contributed by atoms with van der Waals surface area (Å²) in [6, 6.07) is 15.6. The lowest BCUT2D eigenvalue weighted by atomic mass is 10.0. The number of hydrogen-bond acceptors (Lipinski definition) is 3. The van der Waals surface area contributed by atoms with Crippen molar-refractivity contribution in [1.82, 2.24) is 10.2 Å². The quantitative estimate of drug-likeness (QED) is 0.892. The second kappa shape index (κ2) is 7.59. The molecule has 5 rings (SSSR count). The molecule has 1 heterocycles. The predicted molar refractivity (Wildman–Crippen MR) is 113 cm³/mol. The number of hydrogen-bond donors (Lipinski definition) is 1. The monoisotopic (exact) mass is 375 g/mol. The van der Waals surface area contributed by atoms with Crippen LogP contribution in [0.4, 0.5) is 5.69 Å². The first kappa shape index (κ1) is 17.7. The van der Waals surface area contributed by atoms with E-state index in [1.165, 1.54) is 41.6 Å². The molecule has 1 unspecified atom stereocenters. The number of anilines is 1. The lowest BCUT2D eigenvalue weighted by Crippen LogP contribution is -2.49. The second-order valence-corrected chi connectivity index (χ2v) is 8.43. The molecule has 1 N–H and O–H groups in total. The molecule has 4 heteroatoms. The number of benzene rings is 2. The van der Waals surface area contributed by atoms with E-state index >= 15 is 0 Å². The summed E-state index contributed by atoms with van der Waals surface area (Å²) < 4.78 is 0. The molecule has 1 aliphatic heterocycles. The number of para-hydroxylation sites is 1. The lowest BCUT2D eigenvalue weighted by Gasteiger charge is -2.35. The number of nitrogens with zero attached hydrogens (tertiary/aromatic N) is 2. The topological polar surface area (TPSA) is 35.6 Å². The van der Waals surface area contributed by atoms with Gasteiger partial charge >= 0.3 is 0 Å². The number of fused-ring (bicyclic) bond motifs is 2. The maximum Gasteiger partial charge on any atom is 0.234 e. The number of aryl methyl sites for hydroxylation is 3. The molecule has 2 aromatic carbocycles. The van der Waals surface area contributed by atoms with Gasteiger partial charge in [0.1, 0.15) is 0 Å². The fourth-order valence-electron chi connectivity index (χ4n) is 5.09. The SMILES string of the molecule is O=C(CN1CCN(c2ccccc2)CC1)NC1CCc2cc3c(cc21)CCC3. The summed E-state index contributed by atoms with van der Waals surface area (Å²) in [5.41, 5.74) is 7.17. The number of carbonyl (C=O) groups is 1. The van der Waals surface area contributed by atoms with Crippen molar-refractivity contribution in [3.8, 4) is 0 Å². The van der Waals surface area contributed by atoms with Crippen LogP contribution in [0.1, 0.15) is 41.1 Å². The average molecular weight is 376 g/mol. The van der Waals surface area contributed by atoms with Crippen LogP contribution in [-0.4, -0.2) is 43.5 Å². The average Bonchev–Trinajstić information content (AvgIpc) is 3.34. The van der Waals surface area contributed by atoms with Crippen molar-refractivity contribution >= 4 is 11.6 Å². The molecule has 28 heavy (non-hydrogen) atoms. The third-order valence-electron chi connectivity index (χ3n) is 6.63. The standard InChI is InChI=1S/C24H29N3O/c28-24(17-26-11-13-27(14-12-26)21-7-2-1-3-8-21)25-23-10-9-20-15-18-5-4-6-19(18)16-22(20)23/h1-3,7-8,15-16,23H,4-6,9-14,17H2,(H,25,28). The van der Waals surface area contributed by atoms with Crippen molar-refractivity contribution in [3.63, 3.8) is 0 Å². The highest BCUT2D eigenvalue weighted by Gasteiger charge is 2.27. The van der Waals surface area contributed by atoms with Crippen molar-refractivity contribution in [2.24, 2.45) is 0 Å². The van der Waals surface area contributed by atoms with Gasteiger partial charge in [-0.3, -0.25) is 9.69 Å². The number of rotatable bonds is 4. The van der Waals surface area contributed by atoms with Gasteiger partial charge in [0.25, 0.3) is 0 Å². The first-order chi connectivity index (χ1) is 13.8. The zero-order valence-corrected chi connectivity index (χ0v) is 16.5. The van der Waals surface area contributed by atoms with Gasteiger partial charge in [-0.25, -0.2) is 0 Å². The minimum absolute atomic E-state index is 0.173. The number of amides is 1. The number of piperazine rings is 1. The van der Waals surface area contributed by atoms with Gasteiger partial charge < -0.3 is 10.2 Å². The van der Waals surface area contributed by atoms with E-state index in [4.69, 9.17) is 0 Å². The van der Waals surface area contributed by atoms with Gasteiger partial charge in [-0.15, -0.1) is 0 Å². The largest absolute Gasteiger partial charge is 0.369 e. The van der Waals surface area contributed by atoms with Gasteiger partial charge in [0, 0.05) is 31.9 Å². The smallest absolute Gasteiger partial charge is 0.234 e. The van der Waals surface area contributed by atoms with Gasteiger partial charge in [-0.05, 0) is 66.5 Å². The van der Waals surface area contributed by atoms with Crippen molar-refractivity contribution in [2.75, 3.05) is 37.6 Å². The lowest BCUT2D eigenvalue weighted by molar-refractivity contribution is -0.123. The highest BCUT2D eigenvalue weighted by atomic mass is 16.2. The zero-order valence-electron chi connectivity index (χ0n) is 16.5. The predicted octanol–water partition coefficient (Wildman–Crippen LogP) is 3.10. The minimum atomic E-state index is 0.173. The summed E-state index contributed by atoms with van der Waals surface area (Å²) in [4.78, 5) is 17.4. The molecule has 0 spiro atoms. The minimum Gasteiger partial charge on any atom is -0.369 e. The van der Waals surface area contributed by atoms with E-state index in [0.717, 1.165) is 39.0 Å². The third kappa shape index (κ3) is 3.53.